The molecule has 27 heavy (non-hydrogen) atoms. The van der Waals surface area contributed by atoms with Gasteiger partial charge < -0.3 is 14.5 Å². The molecule has 1 N–H and O–H groups in total. The number of carbonyl (C=O) groups is 3. The molecule has 0 aliphatic carbocycles. The van der Waals surface area contributed by atoms with Crippen molar-refractivity contribution in [1.29, 1.82) is 0 Å². The Labute approximate surface area is 158 Å². The van der Waals surface area contributed by atoms with Crippen molar-refractivity contribution < 1.29 is 23.9 Å². The zero-order chi connectivity index (χ0) is 20.3. The Morgan fingerprint density at radius 2 is 1.70 bits per heavy atom. The molecule has 0 radical (unpaired) electrons. The maximum Gasteiger partial charge on any atom is 0.347 e. The van der Waals surface area contributed by atoms with Crippen LogP contribution in [0, 0.1) is 20.8 Å². The molecule has 2 aromatic rings. The van der Waals surface area contributed by atoms with Crippen molar-refractivity contribution in [2.45, 2.75) is 53.8 Å². The predicted molar refractivity (Wildman–Crippen MR) is 101 cm³/mol. The normalized spacial score (nSPS) is 13.0. The molecule has 2 atom stereocenters. The van der Waals surface area contributed by atoms with E-state index < -0.39 is 18.2 Å². The lowest BCUT2D eigenvalue weighted by atomic mass is 10.0. The maximum atomic E-state index is 12.7. The number of H-pyrrole nitrogens is 1. The number of ketones is 2. The highest BCUT2D eigenvalue weighted by Crippen LogP contribution is 2.21. The number of hydrogen-bond donors (Lipinski definition) is 1. The minimum absolute atomic E-state index is 0.120. The summed E-state index contributed by atoms with van der Waals surface area (Å²) >= 11 is 0. The number of esters is 1. The monoisotopic (exact) mass is 371 g/mol. The standard InChI is InChI=1S/C21H25NO5/c1-11-8-7-9-17(10-11)26-16(6)21(25)27-15(5)20(24)19-12(2)18(14(4)23)13(3)22-19/h7-10,15-16,22H,1-6H3/t15-,16-/m1/s1. The molecule has 6 heteroatoms. The van der Waals surface area contributed by atoms with Crippen LogP contribution in [0.1, 0.15) is 58.4 Å². The van der Waals surface area contributed by atoms with Crippen molar-refractivity contribution >= 4 is 17.5 Å². The van der Waals surface area contributed by atoms with Crippen molar-refractivity contribution in [3.05, 3.63) is 52.3 Å². The summed E-state index contributed by atoms with van der Waals surface area (Å²) in [6, 6.07) is 7.32. The quantitative estimate of drug-likeness (QED) is 0.592. The number of rotatable bonds is 7. The molecule has 2 rings (SSSR count). The molecular formula is C21H25NO5. The number of nitrogens with one attached hydrogen (secondary N) is 1. The van der Waals surface area contributed by atoms with Gasteiger partial charge in [-0.05, 0) is 64.8 Å². The molecule has 0 fully saturated rings. The summed E-state index contributed by atoms with van der Waals surface area (Å²) in [6.45, 7) is 9.88. The molecule has 6 nitrogen and oxygen atoms in total. The number of carbonyl (C=O) groups excluding carboxylic acids is 3. The van der Waals surface area contributed by atoms with Gasteiger partial charge in [-0.3, -0.25) is 9.59 Å². The summed E-state index contributed by atoms with van der Waals surface area (Å²) in [5.41, 5.74) is 2.98. The fourth-order valence-electron chi connectivity index (χ4n) is 2.99. The van der Waals surface area contributed by atoms with Crippen LogP contribution < -0.4 is 4.74 Å². The molecule has 0 saturated heterocycles. The SMILES string of the molecule is CC(=O)c1c(C)[nH]c(C(=O)[C@@H](C)OC(=O)[C@@H](C)Oc2cccc(C)c2)c1C. The van der Waals surface area contributed by atoms with Crippen LogP contribution in [-0.4, -0.2) is 34.7 Å². The van der Waals surface area contributed by atoms with Gasteiger partial charge in [0.05, 0.1) is 5.69 Å². The number of aromatic nitrogens is 1. The summed E-state index contributed by atoms with van der Waals surface area (Å²) in [5.74, 6) is -0.588. The molecule has 0 aliphatic heterocycles. The summed E-state index contributed by atoms with van der Waals surface area (Å²) < 4.78 is 10.9. The molecule has 0 spiro atoms. The van der Waals surface area contributed by atoms with Gasteiger partial charge in [-0.2, -0.15) is 0 Å². The molecule has 1 aromatic heterocycles. The van der Waals surface area contributed by atoms with Crippen LogP contribution in [0.2, 0.25) is 0 Å². The Balaban J connectivity index is 2.06. The second-order valence-corrected chi connectivity index (χ2v) is 6.70. The van der Waals surface area contributed by atoms with Crippen molar-refractivity contribution in [3.63, 3.8) is 0 Å². The number of aryl methyl sites for hydroxylation is 2. The molecule has 0 saturated carbocycles. The molecule has 0 aliphatic rings. The highest BCUT2D eigenvalue weighted by molar-refractivity contribution is 6.05. The van der Waals surface area contributed by atoms with Gasteiger partial charge in [0.2, 0.25) is 5.78 Å². The first-order valence-electron chi connectivity index (χ1n) is 8.80. The summed E-state index contributed by atoms with van der Waals surface area (Å²) in [4.78, 5) is 39.6. The van der Waals surface area contributed by atoms with E-state index in [4.69, 9.17) is 9.47 Å². The number of ether oxygens (including phenoxy) is 2. The lowest BCUT2D eigenvalue weighted by Gasteiger charge is -2.17. The van der Waals surface area contributed by atoms with Gasteiger partial charge in [-0.25, -0.2) is 4.79 Å². The van der Waals surface area contributed by atoms with Crippen LogP contribution in [0.4, 0.5) is 0 Å². The van der Waals surface area contributed by atoms with Gasteiger partial charge in [0.25, 0.3) is 0 Å². The Kier molecular flexibility index (Phi) is 6.20. The zero-order valence-corrected chi connectivity index (χ0v) is 16.5. The van der Waals surface area contributed by atoms with Gasteiger partial charge in [-0.15, -0.1) is 0 Å². The summed E-state index contributed by atoms with van der Waals surface area (Å²) in [5, 5.41) is 0. The molecule has 1 heterocycles. The average molecular weight is 371 g/mol. The van der Waals surface area contributed by atoms with Crippen LogP contribution in [0.5, 0.6) is 5.75 Å². The highest BCUT2D eigenvalue weighted by Gasteiger charge is 2.28. The van der Waals surface area contributed by atoms with Crippen LogP contribution in [0.25, 0.3) is 0 Å². The third kappa shape index (κ3) is 4.64. The van der Waals surface area contributed by atoms with Crippen LogP contribution in [-0.2, 0) is 9.53 Å². The first kappa shape index (κ1) is 20.4. The van der Waals surface area contributed by atoms with Crippen molar-refractivity contribution in [2.75, 3.05) is 0 Å². The largest absolute Gasteiger partial charge is 0.479 e. The minimum atomic E-state index is -1.00. The fourth-order valence-corrected chi connectivity index (χ4v) is 2.99. The van der Waals surface area contributed by atoms with Gasteiger partial charge in [0.1, 0.15) is 5.75 Å². The number of benzene rings is 1. The predicted octanol–water partition coefficient (Wildman–Crippen LogP) is 3.72. The Morgan fingerprint density at radius 1 is 1.04 bits per heavy atom. The van der Waals surface area contributed by atoms with Crippen molar-refractivity contribution in [1.82, 2.24) is 4.98 Å². The first-order valence-corrected chi connectivity index (χ1v) is 8.80. The first-order chi connectivity index (χ1) is 12.6. The second-order valence-electron chi connectivity index (χ2n) is 6.70. The van der Waals surface area contributed by atoms with E-state index in [0.717, 1.165) is 5.56 Å². The van der Waals surface area contributed by atoms with E-state index >= 15 is 0 Å². The lowest BCUT2D eigenvalue weighted by molar-refractivity contribution is -0.153. The molecule has 1 aromatic carbocycles. The smallest absolute Gasteiger partial charge is 0.347 e. The molecule has 0 bridgehead atoms. The topological polar surface area (TPSA) is 85.5 Å². The zero-order valence-electron chi connectivity index (χ0n) is 16.5. The lowest BCUT2D eigenvalue weighted by Crippen LogP contribution is -2.33. The third-order valence-corrected chi connectivity index (χ3v) is 4.33. The van der Waals surface area contributed by atoms with Gasteiger partial charge >= 0.3 is 5.97 Å². The molecular weight excluding hydrogens is 346 g/mol. The maximum absolute atomic E-state index is 12.7. The summed E-state index contributed by atoms with van der Waals surface area (Å²) in [6.07, 6.45) is -1.86. The van der Waals surface area contributed by atoms with Gasteiger partial charge in [-0.1, -0.05) is 12.1 Å². The van der Waals surface area contributed by atoms with Crippen LogP contribution in [0.3, 0.4) is 0 Å². The van der Waals surface area contributed by atoms with E-state index in [1.54, 1.807) is 26.8 Å². The van der Waals surface area contributed by atoms with E-state index in [-0.39, 0.29) is 17.3 Å². The van der Waals surface area contributed by atoms with Gasteiger partial charge in [0, 0.05) is 11.3 Å². The number of aromatic amines is 1. The van der Waals surface area contributed by atoms with Crippen molar-refractivity contribution in [3.8, 4) is 5.75 Å². The Bertz CT molecular complexity index is 881. The highest BCUT2D eigenvalue weighted by atomic mass is 16.6. The van der Waals surface area contributed by atoms with Crippen LogP contribution in [0.15, 0.2) is 24.3 Å². The average Bonchev–Trinajstić information content (AvgIpc) is 2.88. The summed E-state index contributed by atoms with van der Waals surface area (Å²) in [7, 11) is 0. The van der Waals surface area contributed by atoms with E-state index in [0.29, 0.717) is 22.6 Å². The van der Waals surface area contributed by atoms with Gasteiger partial charge in [0.15, 0.2) is 18.0 Å². The second kappa shape index (κ2) is 8.20. The Hall–Kier alpha value is -2.89. The fraction of sp³-hybridized carbons (Fsp3) is 0.381. The molecule has 144 valence electrons. The Morgan fingerprint density at radius 3 is 2.26 bits per heavy atom. The van der Waals surface area contributed by atoms with Crippen LogP contribution >= 0.6 is 0 Å². The number of hydrogen-bond acceptors (Lipinski definition) is 5. The van der Waals surface area contributed by atoms with E-state index in [1.807, 2.05) is 25.1 Å². The number of Topliss-reactive ketones (excluding diaryl/α,β-unsaturated/α-hetero) is 2. The third-order valence-electron chi connectivity index (χ3n) is 4.33. The van der Waals surface area contributed by atoms with E-state index in [2.05, 4.69) is 4.98 Å². The van der Waals surface area contributed by atoms with E-state index in [1.165, 1.54) is 13.8 Å². The van der Waals surface area contributed by atoms with E-state index in [9.17, 15) is 14.4 Å². The molecule has 0 unspecified atom stereocenters. The van der Waals surface area contributed by atoms with Crippen molar-refractivity contribution in [2.24, 2.45) is 0 Å². The molecule has 0 amide bonds. The minimum Gasteiger partial charge on any atom is -0.479 e.